The third kappa shape index (κ3) is 14.3. The van der Waals surface area contributed by atoms with E-state index >= 15 is 0 Å². The molecule has 0 spiro atoms. The molecule has 1 aliphatic rings. The zero-order valence-electron chi connectivity index (χ0n) is 16.9. The van der Waals surface area contributed by atoms with E-state index in [2.05, 4.69) is 12.2 Å². The van der Waals surface area contributed by atoms with Gasteiger partial charge in [-0.1, -0.05) is 116 Å². The minimum absolute atomic E-state index is 1.04. The zero-order chi connectivity index (χ0) is 17.1. The third-order valence-corrected chi connectivity index (χ3v) is 5.92. The molecule has 0 aliphatic carbocycles. The van der Waals surface area contributed by atoms with Gasteiger partial charge in [-0.2, -0.15) is 0 Å². The van der Waals surface area contributed by atoms with Crippen LogP contribution in [0.1, 0.15) is 129 Å². The van der Waals surface area contributed by atoms with E-state index in [0.29, 0.717) is 0 Å². The van der Waals surface area contributed by atoms with Gasteiger partial charge in [0.25, 0.3) is 0 Å². The van der Waals surface area contributed by atoms with Gasteiger partial charge in [-0.15, -0.1) is 0 Å². The molecule has 0 aromatic heterocycles. The molecule has 1 saturated heterocycles. The van der Waals surface area contributed by atoms with Gasteiger partial charge in [0, 0.05) is 0 Å². The van der Waals surface area contributed by atoms with Crippen LogP contribution in [0.5, 0.6) is 0 Å². The van der Waals surface area contributed by atoms with Gasteiger partial charge >= 0.3 is 0 Å². The van der Waals surface area contributed by atoms with Crippen LogP contribution in [0.4, 0.5) is 0 Å². The number of nitrogens with one attached hydrogen (secondary N) is 1. The predicted octanol–water partition coefficient (Wildman–Crippen LogP) is 7.64. The van der Waals surface area contributed by atoms with Crippen LogP contribution in [0.15, 0.2) is 0 Å². The highest BCUT2D eigenvalue weighted by atomic mass is 14.9. The maximum atomic E-state index is 3.47. The molecule has 0 radical (unpaired) electrons. The van der Waals surface area contributed by atoms with Crippen LogP contribution in [-0.2, 0) is 0 Å². The highest BCUT2D eigenvalue weighted by Crippen LogP contribution is 2.20. The second kappa shape index (κ2) is 17.8. The highest BCUT2D eigenvalue weighted by Gasteiger charge is 2.11. The van der Waals surface area contributed by atoms with E-state index in [1.807, 2.05) is 0 Å². The average molecular weight is 338 g/mol. The Labute approximate surface area is 153 Å². The summed E-state index contributed by atoms with van der Waals surface area (Å²) < 4.78 is 0. The topological polar surface area (TPSA) is 12.0 Å². The molecule has 1 fully saturated rings. The van der Waals surface area contributed by atoms with E-state index in [0.717, 1.165) is 5.92 Å². The van der Waals surface area contributed by atoms with E-state index in [1.165, 1.54) is 135 Å². The minimum Gasteiger partial charge on any atom is -0.317 e. The highest BCUT2D eigenvalue weighted by molar-refractivity contribution is 4.68. The molecule has 0 aromatic rings. The smallest absolute Gasteiger partial charge is 0.00463 e. The molecule has 0 aromatic carbocycles. The van der Waals surface area contributed by atoms with Gasteiger partial charge in [0.2, 0.25) is 0 Å². The first kappa shape index (κ1) is 22.0. The van der Waals surface area contributed by atoms with Gasteiger partial charge < -0.3 is 5.32 Å². The summed E-state index contributed by atoms with van der Waals surface area (Å²) >= 11 is 0. The SMILES string of the molecule is CCCCCCCCCCCCCCCCCCC1CCNCC1. The van der Waals surface area contributed by atoms with E-state index in [-0.39, 0.29) is 0 Å². The fourth-order valence-electron chi connectivity index (χ4n) is 4.15. The van der Waals surface area contributed by atoms with Gasteiger partial charge in [0.1, 0.15) is 0 Å². The van der Waals surface area contributed by atoms with Crippen LogP contribution >= 0.6 is 0 Å². The lowest BCUT2D eigenvalue weighted by atomic mass is 9.92. The molecule has 0 atom stereocenters. The Morgan fingerprint density at radius 2 is 0.917 bits per heavy atom. The number of hydrogen-bond donors (Lipinski definition) is 1. The van der Waals surface area contributed by atoms with Crippen molar-refractivity contribution in [3.63, 3.8) is 0 Å². The summed E-state index contributed by atoms with van der Waals surface area (Å²) in [7, 11) is 0. The molecular weight excluding hydrogens is 290 g/mol. The first-order chi connectivity index (χ1) is 11.9. The van der Waals surface area contributed by atoms with Crippen LogP contribution in [0.3, 0.4) is 0 Å². The van der Waals surface area contributed by atoms with Crippen molar-refractivity contribution in [2.75, 3.05) is 13.1 Å². The summed E-state index contributed by atoms with van der Waals surface area (Å²) in [5.74, 6) is 1.04. The normalized spacial score (nSPS) is 15.9. The van der Waals surface area contributed by atoms with Crippen molar-refractivity contribution in [3.8, 4) is 0 Å². The molecule has 0 saturated carbocycles. The van der Waals surface area contributed by atoms with Crippen LogP contribution in [-0.4, -0.2) is 13.1 Å². The lowest BCUT2D eigenvalue weighted by Gasteiger charge is -2.22. The second-order valence-corrected chi connectivity index (χ2v) is 8.29. The first-order valence-electron chi connectivity index (χ1n) is 11.6. The summed E-state index contributed by atoms with van der Waals surface area (Å²) in [5.41, 5.74) is 0. The van der Waals surface area contributed by atoms with Crippen LogP contribution in [0, 0.1) is 5.92 Å². The van der Waals surface area contributed by atoms with E-state index in [4.69, 9.17) is 0 Å². The van der Waals surface area contributed by atoms with Gasteiger partial charge in [0.15, 0.2) is 0 Å². The first-order valence-corrected chi connectivity index (χ1v) is 11.6. The van der Waals surface area contributed by atoms with Gasteiger partial charge in [-0.25, -0.2) is 0 Å². The van der Waals surface area contributed by atoms with Crippen molar-refractivity contribution in [3.05, 3.63) is 0 Å². The number of hydrogen-bond acceptors (Lipinski definition) is 1. The van der Waals surface area contributed by atoms with Crippen molar-refractivity contribution in [2.45, 2.75) is 129 Å². The Kier molecular flexibility index (Phi) is 16.3. The lowest BCUT2D eigenvalue weighted by molar-refractivity contribution is 0.342. The fourth-order valence-corrected chi connectivity index (χ4v) is 4.15. The molecule has 1 heterocycles. The van der Waals surface area contributed by atoms with Crippen molar-refractivity contribution in [2.24, 2.45) is 5.92 Å². The van der Waals surface area contributed by atoms with Gasteiger partial charge in [-0.05, 0) is 31.8 Å². The number of rotatable bonds is 17. The molecule has 144 valence electrons. The summed E-state index contributed by atoms with van der Waals surface area (Å²) in [6, 6.07) is 0. The summed E-state index contributed by atoms with van der Waals surface area (Å²) in [4.78, 5) is 0. The van der Waals surface area contributed by atoms with Crippen molar-refractivity contribution >= 4 is 0 Å². The maximum absolute atomic E-state index is 3.47. The lowest BCUT2D eigenvalue weighted by Crippen LogP contribution is -2.27. The Morgan fingerprint density at radius 1 is 0.542 bits per heavy atom. The molecule has 0 unspecified atom stereocenters. The molecule has 1 rings (SSSR count). The Balaban J connectivity index is 1.66. The van der Waals surface area contributed by atoms with E-state index < -0.39 is 0 Å². The van der Waals surface area contributed by atoms with Crippen molar-refractivity contribution < 1.29 is 0 Å². The van der Waals surface area contributed by atoms with Crippen molar-refractivity contribution in [1.29, 1.82) is 0 Å². The molecule has 0 amide bonds. The second-order valence-electron chi connectivity index (χ2n) is 8.29. The predicted molar refractivity (Wildman–Crippen MR) is 110 cm³/mol. The van der Waals surface area contributed by atoms with Crippen LogP contribution in [0.2, 0.25) is 0 Å². The summed E-state index contributed by atoms with van der Waals surface area (Å²) in [6.45, 7) is 4.84. The number of piperidine rings is 1. The quantitative estimate of drug-likeness (QED) is 0.269. The molecule has 0 bridgehead atoms. The van der Waals surface area contributed by atoms with Crippen molar-refractivity contribution in [1.82, 2.24) is 5.32 Å². The third-order valence-electron chi connectivity index (χ3n) is 5.92. The molecule has 1 heteroatoms. The van der Waals surface area contributed by atoms with Gasteiger partial charge in [0.05, 0.1) is 0 Å². The van der Waals surface area contributed by atoms with Crippen LogP contribution < -0.4 is 5.32 Å². The number of unbranched alkanes of at least 4 members (excludes halogenated alkanes) is 15. The zero-order valence-corrected chi connectivity index (χ0v) is 16.9. The van der Waals surface area contributed by atoms with Gasteiger partial charge in [-0.3, -0.25) is 0 Å². The standard InChI is InChI=1S/C23H47N/c1-2-3-4-5-6-7-8-9-10-11-12-13-14-15-16-17-18-23-19-21-24-22-20-23/h23-24H,2-22H2,1H3. The molecular formula is C23H47N. The molecule has 24 heavy (non-hydrogen) atoms. The minimum atomic E-state index is 1.04. The largest absolute Gasteiger partial charge is 0.317 e. The average Bonchev–Trinajstić information content (AvgIpc) is 2.62. The summed E-state index contributed by atoms with van der Waals surface area (Å²) in [5, 5.41) is 3.47. The van der Waals surface area contributed by atoms with Crippen LogP contribution in [0.25, 0.3) is 0 Å². The van der Waals surface area contributed by atoms with E-state index in [1.54, 1.807) is 0 Å². The fraction of sp³-hybridized carbons (Fsp3) is 1.00. The maximum Gasteiger partial charge on any atom is -0.00463 e. The molecule has 1 nitrogen and oxygen atoms in total. The Bertz CT molecular complexity index is 232. The Hall–Kier alpha value is -0.0400. The van der Waals surface area contributed by atoms with E-state index in [9.17, 15) is 0 Å². The Morgan fingerprint density at radius 3 is 1.33 bits per heavy atom. The molecule has 1 N–H and O–H groups in total. The summed E-state index contributed by atoms with van der Waals surface area (Å²) in [6.07, 6.45) is 28.0. The monoisotopic (exact) mass is 337 g/mol. The molecule has 1 aliphatic heterocycles.